The van der Waals surface area contributed by atoms with Crippen LogP contribution in [-0.4, -0.2) is 11.2 Å². The third-order valence-corrected chi connectivity index (χ3v) is 4.89. The summed E-state index contributed by atoms with van der Waals surface area (Å²) in [6.45, 7) is 8.92. The third kappa shape index (κ3) is 2.53. The average molecular weight is 249 g/mol. The van der Waals surface area contributed by atoms with Crippen molar-refractivity contribution in [3.8, 4) is 0 Å². The minimum Gasteiger partial charge on any atom is -0.228 e. The van der Waals surface area contributed by atoms with Crippen molar-refractivity contribution >= 4 is 17.4 Å². The van der Waals surface area contributed by atoms with E-state index in [0.29, 0.717) is 23.8 Å². The maximum absolute atomic E-state index is 4.86. The molecule has 0 N–H and O–H groups in total. The van der Waals surface area contributed by atoms with E-state index in [1.54, 1.807) is 0 Å². The molecule has 0 unspecified atom stereocenters. The first-order valence-electron chi connectivity index (χ1n) is 6.89. The lowest BCUT2D eigenvalue weighted by Gasteiger charge is -2.45. The molecule has 0 aromatic heterocycles. The van der Waals surface area contributed by atoms with Gasteiger partial charge >= 0.3 is 0 Å². The monoisotopic (exact) mass is 249 g/mol. The third-order valence-electron chi connectivity index (χ3n) is 4.79. The van der Waals surface area contributed by atoms with Gasteiger partial charge in [0.05, 0.1) is 11.2 Å². The number of fused-ring (bicyclic) bond motifs is 1. The quantitative estimate of drug-likeness (QED) is 0.399. The van der Waals surface area contributed by atoms with Crippen LogP contribution in [0.2, 0.25) is 0 Å². The molecule has 2 saturated carbocycles. The van der Waals surface area contributed by atoms with Gasteiger partial charge < -0.3 is 0 Å². The predicted octanol–water partition coefficient (Wildman–Crippen LogP) is 4.50. The largest absolute Gasteiger partial charge is 0.228 e. The number of isothiocyanates is 1. The molecule has 0 bridgehead atoms. The Bertz CT molecular complexity index is 341. The van der Waals surface area contributed by atoms with Crippen LogP contribution in [0.25, 0.3) is 0 Å². The van der Waals surface area contributed by atoms with Crippen molar-refractivity contribution in [3.05, 3.63) is 12.2 Å². The van der Waals surface area contributed by atoms with Crippen molar-refractivity contribution in [2.75, 3.05) is 0 Å². The van der Waals surface area contributed by atoms with E-state index in [1.807, 2.05) is 0 Å². The Morgan fingerprint density at radius 1 is 1.35 bits per heavy atom. The zero-order valence-electron chi connectivity index (χ0n) is 11.0. The van der Waals surface area contributed by atoms with Gasteiger partial charge in [-0.05, 0) is 62.1 Å². The standard InChI is InChI=1S/C15H23NS/c1-10(2)13-8-7-12-6-4-5-11(3)14(12)15(13)16-9-17/h10,12-15H,3-8H2,1-2H3/t12-,13+,14-,15+/m0/s1. The molecule has 0 amide bonds. The van der Waals surface area contributed by atoms with Gasteiger partial charge in [0.25, 0.3) is 0 Å². The van der Waals surface area contributed by atoms with E-state index in [1.165, 1.54) is 37.7 Å². The van der Waals surface area contributed by atoms with Crippen LogP contribution in [0, 0.1) is 23.7 Å². The van der Waals surface area contributed by atoms with E-state index >= 15 is 0 Å². The molecule has 0 saturated heterocycles. The lowest BCUT2D eigenvalue weighted by Crippen LogP contribution is -2.42. The normalized spacial score (nSPS) is 37.5. The Balaban J connectivity index is 2.27. The van der Waals surface area contributed by atoms with Crippen molar-refractivity contribution in [1.82, 2.24) is 0 Å². The number of hydrogen-bond donors (Lipinski definition) is 0. The Morgan fingerprint density at radius 2 is 2.12 bits per heavy atom. The summed E-state index contributed by atoms with van der Waals surface area (Å²) >= 11 is 4.86. The number of rotatable bonds is 2. The van der Waals surface area contributed by atoms with Crippen LogP contribution in [0.5, 0.6) is 0 Å². The van der Waals surface area contributed by atoms with E-state index in [4.69, 9.17) is 12.2 Å². The highest BCUT2D eigenvalue weighted by atomic mass is 32.1. The Kier molecular flexibility index (Phi) is 4.17. The van der Waals surface area contributed by atoms with Gasteiger partial charge in [-0.25, -0.2) is 4.99 Å². The molecule has 4 atom stereocenters. The summed E-state index contributed by atoms with van der Waals surface area (Å²) in [6.07, 6.45) is 6.53. The van der Waals surface area contributed by atoms with Gasteiger partial charge in [0.1, 0.15) is 0 Å². The second-order valence-corrected chi connectivity index (χ2v) is 6.22. The lowest BCUT2D eigenvalue weighted by atomic mass is 9.61. The SMILES string of the molecule is C=C1CCC[C@H]2CC[C@H](C(C)C)[C@@H](N=C=S)[C@@H]12. The molecule has 2 aliphatic carbocycles. The average Bonchev–Trinajstić information content (AvgIpc) is 2.29. The van der Waals surface area contributed by atoms with Crippen LogP contribution in [0.4, 0.5) is 0 Å². The minimum absolute atomic E-state index is 0.360. The summed E-state index contributed by atoms with van der Waals surface area (Å²) in [7, 11) is 0. The highest BCUT2D eigenvalue weighted by Crippen LogP contribution is 2.47. The second-order valence-electron chi connectivity index (χ2n) is 6.03. The van der Waals surface area contributed by atoms with Crippen molar-refractivity contribution in [2.24, 2.45) is 28.7 Å². The number of nitrogens with zero attached hydrogens (tertiary/aromatic N) is 1. The first-order chi connectivity index (χ1) is 8.15. The maximum Gasteiger partial charge on any atom is 0.0701 e. The molecule has 2 fully saturated rings. The predicted molar refractivity (Wildman–Crippen MR) is 76.3 cm³/mol. The van der Waals surface area contributed by atoms with Gasteiger partial charge in [0.15, 0.2) is 0 Å². The van der Waals surface area contributed by atoms with E-state index in [-0.39, 0.29) is 0 Å². The van der Waals surface area contributed by atoms with Crippen LogP contribution >= 0.6 is 12.2 Å². The summed E-state index contributed by atoms with van der Waals surface area (Å²) in [6, 6.07) is 0.360. The van der Waals surface area contributed by atoms with Gasteiger partial charge in [-0.2, -0.15) is 0 Å². The number of hydrogen-bond acceptors (Lipinski definition) is 2. The molecule has 0 aromatic rings. The summed E-state index contributed by atoms with van der Waals surface area (Å²) in [4.78, 5) is 4.53. The summed E-state index contributed by atoms with van der Waals surface area (Å²) in [5.41, 5.74) is 1.42. The number of aliphatic imine (C=N–C) groups is 1. The Morgan fingerprint density at radius 3 is 2.76 bits per heavy atom. The molecule has 2 heteroatoms. The van der Waals surface area contributed by atoms with Gasteiger partial charge in [-0.15, -0.1) is 0 Å². The molecule has 17 heavy (non-hydrogen) atoms. The molecule has 2 aliphatic rings. The first-order valence-corrected chi connectivity index (χ1v) is 7.30. The van der Waals surface area contributed by atoms with Crippen molar-refractivity contribution in [3.63, 3.8) is 0 Å². The summed E-state index contributed by atoms with van der Waals surface area (Å²) in [5.74, 6) is 2.74. The molecule has 0 aromatic carbocycles. The highest BCUT2D eigenvalue weighted by Gasteiger charge is 2.42. The van der Waals surface area contributed by atoms with Gasteiger partial charge in [0, 0.05) is 5.92 Å². The lowest BCUT2D eigenvalue weighted by molar-refractivity contribution is 0.117. The fourth-order valence-corrected chi connectivity index (χ4v) is 4.05. The Labute approximate surface area is 110 Å². The van der Waals surface area contributed by atoms with Gasteiger partial charge in [0.2, 0.25) is 0 Å². The molecule has 0 radical (unpaired) electrons. The minimum atomic E-state index is 0.360. The summed E-state index contributed by atoms with van der Waals surface area (Å²) in [5, 5.41) is 2.64. The molecule has 0 aliphatic heterocycles. The molecular formula is C15H23NS. The van der Waals surface area contributed by atoms with Crippen molar-refractivity contribution in [2.45, 2.75) is 52.0 Å². The zero-order chi connectivity index (χ0) is 12.4. The molecule has 1 nitrogen and oxygen atoms in total. The van der Waals surface area contributed by atoms with Crippen LogP contribution in [0.1, 0.15) is 46.0 Å². The zero-order valence-corrected chi connectivity index (χ0v) is 11.8. The smallest absolute Gasteiger partial charge is 0.0701 e. The van der Waals surface area contributed by atoms with E-state index in [2.05, 4.69) is 30.6 Å². The molecule has 94 valence electrons. The van der Waals surface area contributed by atoms with E-state index < -0.39 is 0 Å². The van der Waals surface area contributed by atoms with Crippen molar-refractivity contribution < 1.29 is 0 Å². The number of thiocarbonyl (C=S) groups is 1. The van der Waals surface area contributed by atoms with Crippen molar-refractivity contribution in [1.29, 1.82) is 0 Å². The van der Waals surface area contributed by atoms with Crippen LogP contribution in [0.3, 0.4) is 0 Å². The van der Waals surface area contributed by atoms with Crippen LogP contribution in [-0.2, 0) is 0 Å². The topological polar surface area (TPSA) is 12.4 Å². The molecule has 0 heterocycles. The van der Waals surface area contributed by atoms with E-state index in [9.17, 15) is 0 Å². The molecule has 0 spiro atoms. The maximum atomic E-state index is 4.86. The van der Waals surface area contributed by atoms with E-state index in [0.717, 1.165) is 5.92 Å². The van der Waals surface area contributed by atoms with Gasteiger partial charge in [-0.1, -0.05) is 26.0 Å². The summed E-state index contributed by atoms with van der Waals surface area (Å²) < 4.78 is 0. The highest BCUT2D eigenvalue weighted by molar-refractivity contribution is 7.78. The fraction of sp³-hybridized carbons (Fsp3) is 0.800. The second kappa shape index (κ2) is 5.46. The Hall–Kier alpha value is -0.460. The molecule has 2 rings (SSSR count). The van der Waals surface area contributed by atoms with Crippen LogP contribution < -0.4 is 0 Å². The first kappa shape index (κ1) is 13.0. The fourth-order valence-electron chi connectivity index (χ4n) is 3.92. The molecular weight excluding hydrogens is 226 g/mol. The van der Waals surface area contributed by atoms with Gasteiger partial charge in [-0.3, -0.25) is 0 Å². The van der Waals surface area contributed by atoms with Crippen LogP contribution in [0.15, 0.2) is 17.1 Å².